The number of Topliss-reactive ketones (excluding diaryl/α,β-unsaturated/α-hetero) is 1. The summed E-state index contributed by atoms with van der Waals surface area (Å²) in [6, 6.07) is 17.6. The number of aliphatic imine (C=N–C) groups is 1. The molecular formula is C78H93N3O7. The fourth-order valence-corrected chi connectivity index (χ4v) is 24.1. The molecule has 462 valence electrons. The number of rotatable bonds is 4. The van der Waals surface area contributed by atoms with Gasteiger partial charge in [-0.15, -0.1) is 0 Å². The summed E-state index contributed by atoms with van der Waals surface area (Å²) >= 11 is 0. The van der Waals surface area contributed by atoms with E-state index in [1.165, 1.54) is 48.8 Å². The number of fused-ring (bicyclic) bond motifs is 12. The van der Waals surface area contributed by atoms with Crippen LogP contribution in [0.2, 0.25) is 0 Å². The lowest BCUT2D eigenvalue weighted by molar-refractivity contribution is -0.243. The van der Waals surface area contributed by atoms with Gasteiger partial charge in [0.2, 0.25) is 0 Å². The van der Waals surface area contributed by atoms with Crippen LogP contribution in [-0.4, -0.2) is 69.7 Å². The molecule has 10 heteroatoms. The Bertz CT molecular complexity index is 3590. The smallest absolute Gasteiger partial charge is 0.189 e. The Balaban J connectivity index is 0.986. The summed E-state index contributed by atoms with van der Waals surface area (Å²) in [4.78, 5) is 21.8. The molecule has 0 radical (unpaired) electrons. The Kier molecular flexibility index (Phi) is 13.4. The Morgan fingerprint density at radius 3 is 2.57 bits per heavy atom. The third kappa shape index (κ3) is 8.49. The molecule has 88 heavy (non-hydrogen) atoms. The number of hydrogen-bond donors (Lipinski definition) is 6. The van der Waals surface area contributed by atoms with Crippen LogP contribution in [0.4, 0.5) is 0 Å². The van der Waals surface area contributed by atoms with E-state index in [0.717, 1.165) is 135 Å². The van der Waals surface area contributed by atoms with Crippen LogP contribution in [-0.2, 0) is 26.9 Å². The fraction of sp³-hybridized carbons (Fsp3) is 0.615. The number of ether oxygens (including phenoxy) is 2. The number of allylic oxidation sites excluding steroid dienone is 6. The van der Waals surface area contributed by atoms with E-state index in [4.69, 9.17) is 20.2 Å². The minimum Gasteiger partial charge on any atom is -0.508 e. The molecule has 3 aromatic rings. The van der Waals surface area contributed by atoms with Crippen molar-refractivity contribution in [2.45, 2.75) is 221 Å². The van der Waals surface area contributed by atoms with Crippen molar-refractivity contribution in [1.82, 2.24) is 5.32 Å². The van der Waals surface area contributed by atoms with Crippen molar-refractivity contribution in [2.75, 3.05) is 13.2 Å². The quantitative estimate of drug-likeness (QED) is 0.110. The number of guanidine groups is 1. The number of carbonyl (C=O) groups excluding carboxylic acids is 1. The Morgan fingerprint density at radius 1 is 0.852 bits per heavy atom. The number of phenols is 2. The summed E-state index contributed by atoms with van der Waals surface area (Å²) in [5.41, 5.74) is 15.8. The average Bonchev–Trinajstić information content (AvgIpc) is 0.933. The number of aliphatic hydroxyl groups excluding tert-OH is 2. The molecule has 0 unspecified atom stereocenters. The van der Waals surface area contributed by atoms with Crippen LogP contribution < -0.4 is 15.8 Å². The van der Waals surface area contributed by atoms with Crippen LogP contribution >= 0.6 is 0 Å². The zero-order valence-electron chi connectivity index (χ0n) is 51.9. The van der Waals surface area contributed by atoms with E-state index in [1.54, 1.807) is 0 Å². The molecule has 3 spiro atoms. The maximum absolute atomic E-state index is 16.1. The Morgan fingerprint density at radius 2 is 1.72 bits per heavy atom. The highest BCUT2D eigenvalue weighted by atomic mass is 16.5. The van der Waals surface area contributed by atoms with Crippen molar-refractivity contribution < 1.29 is 34.7 Å². The van der Waals surface area contributed by atoms with Crippen LogP contribution in [0.1, 0.15) is 218 Å². The molecule has 2 heterocycles. The molecule has 1 saturated heterocycles. The van der Waals surface area contributed by atoms with Crippen molar-refractivity contribution in [3.05, 3.63) is 135 Å². The molecule has 2 aliphatic heterocycles. The van der Waals surface area contributed by atoms with Gasteiger partial charge in [-0.2, -0.15) is 0 Å². The maximum atomic E-state index is 16.1. The van der Waals surface area contributed by atoms with Gasteiger partial charge in [0, 0.05) is 51.7 Å². The van der Waals surface area contributed by atoms with Gasteiger partial charge >= 0.3 is 0 Å². The predicted molar refractivity (Wildman–Crippen MR) is 342 cm³/mol. The second kappa shape index (κ2) is 21.0. The van der Waals surface area contributed by atoms with E-state index >= 15 is 4.79 Å². The number of nitrogens with zero attached hydrogens (tertiary/aromatic N) is 1. The normalized spacial score (nSPS) is 40.9. The first-order valence-electron chi connectivity index (χ1n) is 35.1. The number of phenolic OH excluding ortho intramolecular Hbond substituents is 2. The van der Waals surface area contributed by atoms with Gasteiger partial charge < -0.3 is 41.0 Å². The number of ketones is 1. The summed E-state index contributed by atoms with van der Waals surface area (Å²) in [5, 5.41) is 53.9. The zero-order chi connectivity index (χ0) is 59.5. The molecule has 7 N–H and O–H groups in total. The molecule has 0 amide bonds. The third-order valence-corrected chi connectivity index (χ3v) is 27.1. The van der Waals surface area contributed by atoms with Crippen LogP contribution in [0.5, 0.6) is 17.2 Å². The molecule has 8 fully saturated rings. The van der Waals surface area contributed by atoms with E-state index in [-0.39, 0.29) is 114 Å². The summed E-state index contributed by atoms with van der Waals surface area (Å²) in [7, 11) is 0. The molecule has 17 atom stereocenters. The number of carbonyl (C=O) groups is 1. The lowest BCUT2D eigenvalue weighted by Crippen LogP contribution is -2.66. The third-order valence-electron chi connectivity index (χ3n) is 27.1. The number of hydrogen-bond acceptors (Lipinski definition) is 10. The number of aliphatic hydroxyl groups is 2. The van der Waals surface area contributed by atoms with Gasteiger partial charge in [-0.25, -0.2) is 4.99 Å². The zero-order valence-corrected chi connectivity index (χ0v) is 51.9. The molecule has 17 rings (SSSR count). The molecule has 7 saturated carbocycles. The highest BCUT2D eigenvalue weighted by molar-refractivity contribution is 5.98. The highest BCUT2D eigenvalue weighted by Crippen LogP contribution is 2.77. The predicted octanol–water partition coefficient (Wildman–Crippen LogP) is 13.9. The fourth-order valence-electron chi connectivity index (χ4n) is 24.1. The first-order chi connectivity index (χ1) is 42.8. The lowest BCUT2D eigenvalue weighted by atomic mass is 9.36. The molecule has 14 aliphatic rings. The van der Waals surface area contributed by atoms with Gasteiger partial charge in [0.15, 0.2) is 23.2 Å². The van der Waals surface area contributed by atoms with E-state index in [0.29, 0.717) is 55.6 Å². The molecule has 10 nitrogen and oxygen atoms in total. The van der Waals surface area contributed by atoms with Gasteiger partial charge in [-0.05, 0) is 239 Å². The van der Waals surface area contributed by atoms with Gasteiger partial charge in [0.25, 0.3) is 0 Å². The minimum atomic E-state index is -0.726. The molecule has 16 bridgehead atoms. The van der Waals surface area contributed by atoms with Gasteiger partial charge in [-0.1, -0.05) is 111 Å². The standard InChI is InChI=1S/C78H93N3O7/c1-45-38-76-27-22-48-32-50-40-74(44-83)23-8-5-19-62(74)61(43-82)67(50)64(85)36-59(48)60-37-65(87-56-16-3-4-17-56)71(86)69-58(60)18-10-15-54(80-73(79)81-78(25-6-2-7-26-78)52-13-9-12-46(29-52)28-47-30-53(76)35-55(84)31-47)33-49-34-66(76)77(39-45)42-63-72(68(49)70(69)77)88-57-21-20-51-14-11-24-75(51,63)41-57/h8-9,12-13,22-23,27,29-31,34-35,37,45,48-51,54,56-57,59,62-63,68,70,72,82-84,86H,2-7,11,14-17,19-21,24-26,28,32-33,36,38-44H2,1H3,(H3,79,80,81)/b27-22+/t45-,48-,49-,50-,51-,54-,57-,59-,62-,63+,68+,70+,72+,74-,75-,76-,77-/m0/s1. The minimum absolute atomic E-state index is 0.0438. The van der Waals surface area contributed by atoms with Crippen LogP contribution in [0.25, 0.3) is 0 Å². The number of nitrogens with two attached hydrogens (primary N) is 1. The van der Waals surface area contributed by atoms with E-state index in [2.05, 4.69) is 96.9 Å². The first-order valence-corrected chi connectivity index (χ1v) is 35.1. The van der Waals surface area contributed by atoms with Gasteiger partial charge in [0.05, 0.1) is 43.1 Å². The van der Waals surface area contributed by atoms with Crippen LogP contribution in [0, 0.1) is 75.4 Å². The maximum Gasteiger partial charge on any atom is 0.189 e. The van der Waals surface area contributed by atoms with Gasteiger partial charge in [-0.3, -0.25) is 4.79 Å². The van der Waals surface area contributed by atoms with Crippen molar-refractivity contribution >= 4 is 11.7 Å². The molecular weight excluding hydrogens is 1090 g/mol. The topological polar surface area (TPSA) is 167 Å². The van der Waals surface area contributed by atoms with Crippen molar-refractivity contribution in [3.63, 3.8) is 0 Å². The highest BCUT2D eigenvalue weighted by Gasteiger charge is 2.71. The first kappa shape index (κ1) is 56.4. The molecule has 3 aromatic carbocycles. The second-order valence-corrected chi connectivity index (χ2v) is 31.6. The number of aromatic hydroxyl groups is 2. The summed E-state index contributed by atoms with van der Waals surface area (Å²) in [5.74, 6) is 9.31. The van der Waals surface area contributed by atoms with Crippen LogP contribution in [0.3, 0.4) is 0 Å². The average molecular weight is 1180 g/mol. The number of nitrogens with one attached hydrogen (secondary N) is 1. The van der Waals surface area contributed by atoms with Gasteiger partial charge in [0.1, 0.15) is 5.75 Å². The second-order valence-electron chi connectivity index (χ2n) is 31.6. The van der Waals surface area contributed by atoms with Crippen molar-refractivity contribution in [2.24, 2.45) is 74.3 Å². The molecule has 12 aliphatic carbocycles. The van der Waals surface area contributed by atoms with Crippen molar-refractivity contribution in [1.29, 1.82) is 0 Å². The lowest BCUT2D eigenvalue weighted by Gasteiger charge is -2.70. The Hall–Kier alpha value is -5.60. The monoisotopic (exact) mass is 1180 g/mol. The van der Waals surface area contributed by atoms with E-state index in [9.17, 15) is 20.4 Å². The molecule has 0 aromatic heterocycles. The largest absolute Gasteiger partial charge is 0.508 e. The summed E-state index contributed by atoms with van der Waals surface area (Å²) in [6.45, 7) is 2.23. The number of benzene rings is 3. The summed E-state index contributed by atoms with van der Waals surface area (Å²) < 4.78 is 15.3. The van der Waals surface area contributed by atoms with E-state index < -0.39 is 21.8 Å². The van der Waals surface area contributed by atoms with Crippen LogP contribution in [0.15, 0.2) is 101 Å². The Labute approximate surface area is 521 Å². The van der Waals surface area contributed by atoms with Crippen molar-refractivity contribution in [3.8, 4) is 29.1 Å². The van der Waals surface area contributed by atoms with E-state index in [1.807, 2.05) is 6.07 Å². The SMILES string of the molecule is C[C@@H]1C[C@]23C[C@@H]4[C@@H](O[C@H]5CC[C@@H]6CCC[C@]64C5)[C@@H]4[C@@H]5C=C2[C@@]2(/C=C/[C@H]6C[C@H]7C[C@]8(CO)C=CCC[C@H]8C(CO)=C7C(=O)C[C@@H]6c6cc(OC7CCCC7)c(O)c(c6C#CC[C@@H](C5)N=C(N)NC5(CCCCC5)c5cccc(c5)Cc5cc(O)cc2c5)[C@@H]43)C1. The summed E-state index contributed by atoms with van der Waals surface area (Å²) in [6.07, 6.45) is 36.5.